The van der Waals surface area contributed by atoms with Crippen molar-refractivity contribution in [2.75, 3.05) is 13.7 Å². The van der Waals surface area contributed by atoms with Gasteiger partial charge in [0, 0.05) is 19.1 Å². The number of hydrogen-bond acceptors (Lipinski definition) is 3. The third-order valence-electron chi connectivity index (χ3n) is 5.21. The summed E-state index contributed by atoms with van der Waals surface area (Å²) < 4.78 is 5.58. The largest absolute Gasteiger partial charge is 0.387 e. The second kappa shape index (κ2) is 5.25. The summed E-state index contributed by atoms with van der Waals surface area (Å²) in [4.78, 5) is 0. The molecule has 2 aliphatic rings. The average Bonchev–Trinajstić information content (AvgIpc) is 2.40. The first kappa shape index (κ1) is 13.3. The quantitative estimate of drug-likeness (QED) is 0.796. The maximum atomic E-state index is 11.2. The maximum Gasteiger partial charge on any atom is 0.0975 e. The Morgan fingerprint density at radius 2 is 1.76 bits per heavy atom. The molecule has 3 heteroatoms. The molecule has 0 heterocycles. The Bertz CT molecular complexity index is 251. The van der Waals surface area contributed by atoms with Crippen molar-refractivity contribution >= 4 is 0 Å². The van der Waals surface area contributed by atoms with E-state index in [-0.39, 0.29) is 11.5 Å². The fraction of sp³-hybridized carbons (Fsp3) is 1.00. The minimum atomic E-state index is -0.685. The van der Waals surface area contributed by atoms with E-state index in [9.17, 15) is 5.11 Å². The number of rotatable bonds is 3. The van der Waals surface area contributed by atoms with Gasteiger partial charge in [0.25, 0.3) is 0 Å². The van der Waals surface area contributed by atoms with E-state index in [1.807, 2.05) is 0 Å². The van der Waals surface area contributed by atoms with Crippen molar-refractivity contribution in [1.29, 1.82) is 0 Å². The Kier molecular flexibility index (Phi) is 4.11. The summed E-state index contributed by atoms with van der Waals surface area (Å²) in [6.45, 7) is 0.601. The normalized spacial score (nSPS) is 37.9. The van der Waals surface area contributed by atoms with Crippen molar-refractivity contribution in [2.24, 2.45) is 11.1 Å². The summed E-state index contributed by atoms with van der Waals surface area (Å²) in [5.74, 6) is 0. The molecule has 2 atom stereocenters. The first-order valence-corrected chi connectivity index (χ1v) is 7.14. The lowest BCUT2D eigenvalue weighted by molar-refractivity contribution is -0.195. The van der Waals surface area contributed by atoms with Crippen LogP contribution in [0.2, 0.25) is 0 Å². The van der Waals surface area contributed by atoms with E-state index >= 15 is 0 Å². The SMILES string of the molecule is COC1CCCCC1(O)C1(CN)CCCCC1. The van der Waals surface area contributed by atoms with E-state index in [0.29, 0.717) is 6.54 Å². The third kappa shape index (κ3) is 2.13. The van der Waals surface area contributed by atoms with Gasteiger partial charge in [0.05, 0.1) is 11.7 Å². The van der Waals surface area contributed by atoms with Crippen LogP contribution in [0.5, 0.6) is 0 Å². The first-order chi connectivity index (χ1) is 8.18. The van der Waals surface area contributed by atoms with Crippen LogP contribution in [-0.2, 0) is 4.74 Å². The summed E-state index contributed by atoms with van der Waals surface area (Å²) in [6, 6.07) is 0. The van der Waals surface area contributed by atoms with E-state index < -0.39 is 5.60 Å². The van der Waals surface area contributed by atoms with Crippen molar-refractivity contribution in [3.8, 4) is 0 Å². The van der Waals surface area contributed by atoms with Crippen LogP contribution >= 0.6 is 0 Å². The van der Waals surface area contributed by atoms with Crippen LogP contribution in [0.15, 0.2) is 0 Å². The Hall–Kier alpha value is -0.120. The topological polar surface area (TPSA) is 55.5 Å². The molecule has 0 aromatic rings. The van der Waals surface area contributed by atoms with Crippen molar-refractivity contribution in [3.05, 3.63) is 0 Å². The zero-order chi connectivity index (χ0) is 12.4. The van der Waals surface area contributed by atoms with E-state index in [2.05, 4.69) is 0 Å². The molecule has 0 aromatic carbocycles. The summed E-state index contributed by atoms with van der Waals surface area (Å²) in [6.07, 6.45) is 9.94. The number of methoxy groups -OCH3 is 1. The van der Waals surface area contributed by atoms with Crippen LogP contribution in [-0.4, -0.2) is 30.5 Å². The molecule has 2 fully saturated rings. The second-order valence-corrected chi connectivity index (χ2v) is 5.94. The molecule has 0 amide bonds. The van der Waals surface area contributed by atoms with Crippen LogP contribution < -0.4 is 5.73 Å². The molecule has 17 heavy (non-hydrogen) atoms. The lowest BCUT2D eigenvalue weighted by atomic mass is 9.57. The summed E-state index contributed by atoms with van der Waals surface area (Å²) in [5.41, 5.74) is 5.28. The summed E-state index contributed by atoms with van der Waals surface area (Å²) in [7, 11) is 1.73. The van der Waals surface area contributed by atoms with E-state index in [1.54, 1.807) is 7.11 Å². The van der Waals surface area contributed by atoms with Crippen molar-refractivity contribution in [3.63, 3.8) is 0 Å². The number of nitrogens with two attached hydrogens (primary N) is 1. The minimum Gasteiger partial charge on any atom is -0.387 e. The van der Waals surface area contributed by atoms with Gasteiger partial charge in [-0.3, -0.25) is 0 Å². The molecule has 0 saturated heterocycles. The van der Waals surface area contributed by atoms with Gasteiger partial charge < -0.3 is 15.6 Å². The highest BCUT2D eigenvalue weighted by molar-refractivity contribution is 5.06. The van der Waals surface area contributed by atoms with Crippen molar-refractivity contribution < 1.29 is 9.84 Å². The van der Waals surface area contributed by atoms with Crippen LogP contribution in [0.4, 0.5) is 0 Å². The standard InChI is InChI=1S/C14H27NO2/c1-17-12-7-3-6-10-14(12,16)13(11-15)8-4-2-5-9-13/h12,16H,2-11,15H2,1H3. The smallest absolute Gasteiger partial charge is 0.0975 e. The second-order valence-electron chi connectivity index (χ2n) is 5.94. The van der Waals surface area contributed by atoms with Gasteiger partial charge in [-0.2, -0.15) is 0 Å². The molecule has 2 saturated carbocycles. The molecule has 0 spiro atoms. The fourth-order valence-corrected chi connectivity index (χ4v) is 4.09. The van der Waals surface area contributed by atoms with E-state index in [4.69, 9.17) is 10.5 Å². The van der Waals surface area contributed by atoms with Crippen LogP contribution in [0.1, 0.15) is 57.8 Å². The Morgan fingerprint density at radius 1 is 1.12 bits per heavy atom. The third-order valence-corrected chi connectivity index (χ3v) is 5.21. The Balaban J connectivity index is 2.25. The van der Waals surface area contributed by atoms with Gasteiger partial charge in [0.15, 0.2) is 0 Å². The van der Waals surface area contributed by atoms with Gasteiger partial charge in [-0.05, 0) is 25.7 Å². The van der Waals surface area contributed by atoms with Crippen LogP contribution in [0.25, 0.3) is 0 Å². The van der Waals surface area contributed by atoms with Crippen molar-refractivity contribution in [2.45, 2.75) is 69.5 Å². The lowest BCUT2D eigenvalue weighted by Crippen LogP contribution is -2.61. The van der Waals surface area contributed by atoms with Crippen LogP contribution in [0.3, 0.4) is 0 Å². The molecule has 0 bridgehead atoms. The van der Waals surface area contributed by atoms with Crippen LogP contribution in [0, 0.1) is 5.41 Å². The average molecular weight is 241 g/mol. The van der Waals surface area contributed by atoms with Gasteiger partial charge >= 0.3 is 0 Å². The number of hydrogen-bond donors (Lipinski definition) is 2. The molecule has 2 unspecified atom stereocenters. The van der Waals surface area contributed by atoms with Gasteiger partial charge in [-0.25, -0.2) is 0 Å². The molecule has 2 rings (SSSR count). The maximum absolute atomic E-state index is 11.2. The molecule has 2 aliphatic carbocycles. The monoisotopic (exact) mass is 241 g/mol. The van der Waals surface area contributed by atoms with Gasteiger partial charge in [-0.15, -0.1) is 0 Å². The molecule has 0 radical (unpaired) electrons. The molecular formula is C14H27NO2. The zero-order valence-electron chi connectivity index (χ0n) is 11.1. The zero-order valence-corrected chi connectivity index (χ0v) is 11.1. The van der Waals surface area contributed by atoms with Gasteiger partial charge in [0.2, 0.25) is 0 Å². The molecule has 0 aliphatic heterocycles. The lowest BCUT2D eigenvalue weighted by Gasteiger charge is -2.54. The summed E-state index contributed by atoms with van der Waals surface area (Å²) >= 11 is 0. The van der Waals surface area contributed by atoms with Gasteiger partial charge in [0.1, 0.15) is 0 Å². The molecule has 100 valence electrons. The fourth-order valence-electron chi connectivity index (χ4n) is 4.09. The molecule has 3 N–H and O–H groups in total. The first-order valence-electron chi connectivity index (χ1n) is 7.14. The Morgan fingerprint density at radius 3 is 2.35 bits per heavy atom. The highest BCUT2D eigenvalue weighted by Crippen LogP contribution is 2.51. The van der Waals surface area contributed by atoms with E-state index in [1.165, 1.54) is 25.7 Å². The highest BCUT2D eigenvalue weighted by atomic mass is 16.5. The Labute approximate surface area is 105 Å². The number of aliphatic hydroxyl groups is 1. The number of ether oxygens (including phenoxy) is 1. The van der Waals surface area contributed by atoms with Gasteiger partial charge in [-0.1, -0.05) is 32.1 Å². The van der Waals surface area contributed by atoms with Crippen molar-refractivity contribution in [1.82, 2.24) is 0 Å². The minimum absolute atomic E-state index is 0.0158. The predicted molar refractivity (Wildman–Crippen MR) is 68.8 cm³/mol. The molecule has 0 aromatic heterocycles. The predicted octanol–water partition coefficient (Wildman–Crippen LogP) is 2.22. The summed E-state index contributed by atoms with van der Waals surface area (Å²) in [5, 5.41) is 11.2. The highest BCUT2D eigenvalue weighted by Gasteiger charge is 2.54. The molecular weight excluding hydrogens is 214 g/mol. The molecule has 3 nitrogen and oxygen atoms in total. The van der Waals surface area contributed by atoms with E-state index in [0.717, 1.165) is 32.1 Å².